The van der Waals surface area contributed by atoms with E-state index < -0.39 is 0 Å². The SMILES string of the molecule is Cc1nc2ccccc2nc1CN1CCC(N2CCNC2=O)CC1. The third-order valence-electron chi connectivity index (χ3n) is 5.10. The lowest BCUT2D eigenvalue weighted by Crippen LogP contribution is -2.46. The average molecular weight is 325 g/mol. The number of aryl methyl sites for hydroxylation is 1. The first-order valence-electron chi connectivity index (χ1n) is 8.70. The Balaban J connectivity index is 1.42. The van der Waals surface area contributed by atoms with Crippen LogP contribution in [0.15, 0.2) is 24.3 Å². The monoisotopic (exact) mass is 325 g/mol. The summed E-state index contributed by atoms with van der Waals surface area (Å²) in [5.41, 5.74) is 3.99. The molecule has 1 N–H and O–H groups in total. The number of para-hydroxylation sites is 2. The number of carbonyl (C=O) groups is 1. The van der Waals surface area contributed by atoms with Crippen molar-refractivity contribution in [3.8, 4) is 0 Å². The maximum atomic E-state index is 11.8. The van der Waals surface area contributed by atoms with Crippen LogP contribution in [0.1, 0.15) is 24.2 Å². The topological polar surface area (TPSA) is 61.4 Å². The van der Waals surface area contributed by atoms with Gasteiger partial charge in [-0.3, -0.25) is 4.90 Å². The van der Waals surface area contributed by atoms with Crippen LogP contribution in [0.25, 0.3) is 11.0 Å². The predicted octanol–water partition coefficient (Wildman–Crippen LogP) is 1.93. The number of piperidine rings is 1. The molecule has 126 valence electrons. The van der Waals surface area contributed by atoms with E-state index in [1.54, 1.807) is 0 Å². The Morgan fingerprint density at radius 2 is 1.83 bits per heavy atom. The molecule has 2 saturated heterocycles. The van der Waals surface area contributed by atoms with Gasteiger partial charge < -0.3 is 10.2 Å². The molecule has 0 atom stereocenters. The lowest BCUT2D eigenvalue weighted by molar-refractivity contribution is 0.131. The number of carbonyl (C=O) groups excluding carboxylic acids is 1. The highest BCUT2D eigenvalue weighted by Crippen LogP contribution is 2.21. The van der Waals surface area contributed by atoms with Crippen LogP contribution in [0.2, 0.25) is 0 Å². The smallest absolute Gasteiger partial charge is 0.317 e. The van der Waals surface area contributed by atoms with Crippen LogP contribution in [0.5, 0.6) is 0 Å². The van der Waals surface area contributed by atoms with Crippen LogP contribution in [0.4, 0.5) is 4.79 Å². The van der Waals surface area contributed by atoms with Gasteiger partial charge in [0.25, 0.3) is 0 Å². The van der Waals surface area contributed by atoms with Gasteiger partial charge in [-0.1, -0.05) is 12.1 Å². The molecule has 0 unspecified atom stereocenters. The molecule has 4 rings (SSSR count). The van der Waals surface area contributed by atoms with Crippen LogP contribution < -0.4 is 5.32 Å². The number of amides is 2. The number of likely N-dealkylation sites (tertiary alicyclic amines) is 1. The summed E-state index contributed by atoms with van der Waals surface area (Å²) in [6.45, 7) is 6.51. The van der Waals surface area contributed by atoms with Crippen LogP contribution in [0, 0.1) is 6.92 Å². The fraction of sp³-hybridized carbons (Fsp3) is 0.500. The van der Waals surface area contributed by atoms with Gasteiger partial charge in [-0.2, -0.15) is 0 Å². The maximum absolute atomic E-state index is 11.8. The van der Waals surface area contributed by atoms with Crippen molar-refractivity contribution in [1.82, 2.24) is 25.1 Å². The fourth-order valence-corrected chi connectivity index (χ4v) is 3.71. The summed E-state index contributed by atoms with van der Waals surface area (Å²) in [6, 6.07) is 8.50. The number of aromatic nitrogens is 2. The third-order valence-corrected chi connectivity index (χ3v) is 5.10. The fourth-order valence-electron chi connectivity index (χ4n) is 3.71. The van der Waals surface area contributed by atoms with E-state index in [0.29, 0.717) is 6.04 Å². The van der Waals surface area contributed by atoms with Crippen molar-refractivity contribution in [3.63, 3.8) is 0 Å². The number of rotatable bonds is 3. The summed E-state index contributed by atoms with van der Waals surface area (Å²) in [4.78, 5) is 25.7. The highest BCUT2D eigenvalue weighted by molar-refractivity contribution is 5.76. The van der Waals surface area contributed by atoms with Crippen molar-refractivity contribution in [2.24, 2.45) is 0 Å². The van der Waals surface area contributed by atoms with E-state index in [1.807, 2.05) is 36.1 Å². The van der Waals surface area contributed by atoms with Crippen molar-refractivity contribution < 1.29 is 4.79 Å². The van der Waals surface area contributed by atoms with Crippen LogP contribution in [0.3, 0.4) is 0 Å². The van der Waals surface area contributed by atoms with Gasteiger partial charge in [-0.15, -0.1) is 0 Å². The number of benzene rings is 1. The quantitative estimate of drug-likeness (QED) is 0.937. The van der Waals surface area contributed by atoms with Gasteiger partial charge in [-0.25, -0.2) is 14.8 Å². The third kappa shape index (κ3) is 2.94. The molecular weight excluding hydrogens is 302 g/mol. The van der Waals surface area contributed by atoms with Crippen LogP contribution in [-0.4, -0.2) is 58.0 Å². The zero-order chi connectivity index (χ0) is 16.5. The van der Waals surface area contributed by atoms with Gasteiger partial charge in [-0.05, 0) is 31.9 Å². The van der Waals surface area contributed by atoms with Crippen molar-refractivity contribution in [1.29, 1.82) is 0 Å². The molecule has 2 amide bonds. The molecule has 6 heteroatoms. The first-order chi connectivity index (χ1) is 11.7. The Morgan fingerprint density at radius 1 is 1.12 bits per heavy atom. The number of urea groups is 1. The zero-order valence-corrected chi connectivity index (χ0v) is 14.0. The second-order valence-electron chi connectivity index (χ2n) is 6.68. The summed E-state index contributed by atoms with van der Waals surface area (Å²) < 4.78 is 0. The molecule has 24 heavy (non-hydrogen) atoms. The normalized spacial score (nSPS) is 19.9. The number of hydrogen-bond acceptors (Lipinski definition) is 4. The second-order valence-corrected chi connectivity index (χ2v) is 6.68. The first-order valence-corrected chi connectivity index (χ1v) is 8.70. The van der Waals surface area contributed by atoms with Gasteiger partial charge in [0.15, 0.2) is 0 Å². The lowest BCUT2D eigenvalue weighted by Gasteiger charge is -2.36. The minimum atomic E-state index is 0.102. The largest absolute Gasteiger partial charge is 0.336 e. The van der Waals surface area contributed by atoms with E-state index in [1.165, 1.54) is 0 Å². The standard InChI is InChI=1S/C18H23N5O/c1-13-17(21-16-5-3-2-4-15(16)20-13)12-22-9-6-14(7-10-22)23-11-8-19-18(23)24/h2-5,14H,6-12H2,1H3,(H,19,24). The summed E-state index contributed by atoms with van der Waals surface area (Å²) in [7, 11) is 0. The molecule has 0 aliphatic carbocycles. The molecule has 0 saturated carbocycles. The number of nitrogens with one attached hydrogen (secondary N) is 1. The predicted molar refractivity (Wildman–Crippen MR) is 92.7 cm³/mol. The molecule has 2 aliphatic rings. The van der Waals surface area contributed by atoms with Crippen LogP contribution in [-0.2, 0) is 6.54 Å². The number of fused-ring (bicyclic) bond motifs is 1. The molecule has 6 nitrogen and oxygen atoms in total. The van der Waals surface area contributed by atoms with Crippen molar-refractivity contribution >= 4 is 17.1 Å². The molecule has 2 fully saturated rings. The maximum Gasteiger partial charge on any atom is 0.317 e. The van der Waals surface area contributed by atoms with E-state index in [0.717, 1.165) is 68.0 Å². The number of nitrogens with zero attached hydrogens (tertiary/aromatic N) is 4. The summed E-state index contributed by atoms with van der Waals surface area (Å²) >= 11 is 0. The highest BCUT2D eigenvalue weighted by atomic mass is 16.2. The van der Waals surface area contributed by atoms with Crippen molar-refractivity contribution in [2.75, 3.05) is 26.2 Å². The molecule has 2 aliphatic heterocycles. The van der Waals surface area contributed by atoms with E-state index in [9.17, 15) is 4.79 Å². The highest BCUT2D eigenvalue weighted by Gasteiger charge is 2.30. The molecule has 3 heterocycles. The Morgan fingerprint density at radius 3 is 2.50 bits per heavy atom. The van der Waals surface area contributed by atoms with Gasteiger partial charge in [0.05, 0.1) is 22.4 Å². The van der Waals surface area contributed by atoms with E-state index >= 15 is 0 Å². The molecule has 1 aromatic carbocycles. The van der Waals surface area contributed by atoms with E-state index in [4.69, 9.17) is 4.98 Å². The van der Waals surface area contributed by atoms with Crippen molar-refractivity contribution in [2.45, 2.75) is 32.4 Å². The van der Waals surface area contributed by atoms with Crippen LogP contribution >= 0.6 is 0 Å². The minimum Gasteiger partial charge on any atom is -0.336 e. The molecule has 0 bridgehead atoms. The molecule has 0 radical (unpaired) electrons. The Labute approximate surface area is 141 Å². The lowest BCUT2D eigenvalue weighted by atomic mass is 10.0. The second kappa shape index (κ2) is 6.36. The summed E-state index contributed by atoms with van der Waals surface area (Å²) in [5.74, 6) is 0. The van der Waals surface area contributed by atoms with Gasteiger partial charge in [0.1, 0.15) is 0 Å². The van der Waals surface area contributed by atoms with E-state index in [2.05, 4.69) is 15.2 Å². The first kappa shape index (κ1) is 15.3. The average Bonchev–Trinajstić information content (AvgIpc) is 3.02. The summed E-state index contributed by atoms with van der Waals surface area (Å²) in [5, 5.41) is 2.90. The Hall–Kier alpha value is -2.21. The van der Waals surface area contributed by atoms with E-state index in [-0.39, 0.29) is 6.03 Å². The van der Waals surface area contributed by atoms with Gasteiger partial charge in [0.2, 0.25) is 0 Å². The molecule has 2 aromatic rings. The van der Waals surface area contributed by atoms with Crippen molar-refractivity contribution in [3.05, 3.63) is 35.7 Å². The minimum absolute atomic E-state index is 0.102. The molecule has 0 spiro atoms. The Bertz CT molecular complexity index is 754. The molecular formula is C18H23N5O. The number of hydrogen-bond donors (Lipinski definition) is 1. The Kier molecular flexibility index (Phi) is 4.06. The zero-order valence-electron chi connectivity index (χ0n) is 14.0. The molecule has 1 aromatic heterocycles. The summed E-state index contributed by atoms with van der Waals surface area (Å²) in [6.07, 6.45) is 2.07. The van der Waals surface area contributed by atoms with Gasteiger partial charge >= 0.3 is 6.03 Å². The van der Waals surface area contributed by atoms with Gasteiger partial charge in [0, 0.05) is 38.8 Å².